The highest BCUT2D eigenvalue weighted by molar-refractivity contribution is 7.99. The first-order valence-electron chi connectivity index (χ1n) is 8.47. The zero-order valence-corrected chi connectivity index (χ0v) is 14.5. The van der Waals surface area contributed by atoms with Gasteiger partial charge >= 0.3 is 0 Å². The molecular weight excluding hydrogens is 335 g/mol. The van der Waals surface area contributed by atoms with Crippen molar-refractivity contribution >= 4 is 28.6 Å². The lowest BCUT2D eigenvalue weighted by molar-refractivity contribution is -0.121. The topological polar surface area (TPSA) is 44.9 Å². The van der Waals surface area contributed by atoms with Gasteiger partial charge in [-0.15, -0.1) is 11.8 Å². The number of aryl methyl sites for hydroxylation is 1. The number of thioether (sulfide) groups is 1. The van der Waals surface area contributed by atoms with Crippen LogP contribution in [0.3, 0.4) is 0 Å². The molecule has 0 aliphatic carbocycles. The summed E-state index contributed by atoms with van der Waals surface area (Å²) in [6.07, 6.45) is 3.92. The fraction of sp³-hybridized carbons (Fsp3) is 0.250. The lowest BCUT2D eigenvalue weighted by atomic mass is 10.0. The van der Waals surface area contributed by atoms with Crippen molar-refractivity contribution in [2.24, 2.45) is 0 Å². The SMILES string of the molecule is O=C(CCc1c[nH]c2ccccc12)NC1CCSc2ccc(F)cc21. The van der Waals surface area contributed by atoms with Crippen LogP contribution in [0.4, 0.5) is 4.39 Å². The summed E-state index contributed by atoms with van der Waals surface area (Å²) in [6, 6.07) is 12.8. The Kier molecular flexibility index (Phi) is 4.49. The Morgan fingerprint density at radius 1 is 1.28 bits per heavy atom. The number of H-pyrrole nitrogens is 1. The highest BCUT2D eigenvalue weighted by atomic mass is 32.2. The average molecular weight is 354 g/mol. The Morgan fingerprint density at radius 2 is 2.16 bits per heavy atom. The monoisotopic (exact) mass is 354 g/mol. The number of amides is 1. The molecule has 0 saturated heterocycles. The predicted octanol–water partition coefficient (Wildman–Crippen LogP) is 4.59. The number of nitrogens with one attached hydrogen (secondary N) is 2. The van der Waals surface area contributed by atoms with Crippen LogP contribution in [0.2, 0.25) is 0 Å². The summed E-state index contributed by atoms with van der Waals surface area (Å²) in [5.41, 5.74) is 3.14. The Morgan fingerprint density at radius 3 is 3.08 bits per heavy atom. The molecule has 128 valence electrons. The second kappa shape index (κ2) is 6.92. The van der Waals surface area contributed by atoms with Crippen LogP contribution in [0.1, 0.15) is 30.0 Å². The van der Waals surface area contributed by atoms with Gasteiger partial charge in [0.15, 0.2) is 0 Å². The Hall–Kier alpha value is -2.27. The van der Waals surface area contributed by atoms with E-state index in [9.17, 15) is 9.18 Å². The third kappa shape index (κ3) is 3.42. The lowest BCUT2D eigenvalue weighted by Gasteiger charge is -2.26. The van der Waals surface area contributed by atoms with Gasteiger partial charge in [0.1, 0.15) is 5.82 Å². The van der Waals surface area contributed by atoms with E-state index >= 15 is 0 Å². The summed E-state index contributed by atoms with van der Waals surface area (Å²) >= 11 is 1.72. The van der Waals surface area contributed by atoms with E-state index in [4.69, 9.17) is 0 Å². The zero-order valence-electron chi connectivity index (χ0n) is 13.7. The minimum atomic E-state index is -0.251. The molecule has 2 aromatic carbocycles. The summed E-state index contributed by atoms with van der Waals surface area (Å²) in [6.45, 7) is 0. The van der Waals surface area contributed by atoms with E-state index in [0.717, 1.165) is 39.1 Å². The van der Waals surface area contributed by atoms with Gasteiger partial charge in [0.25, 0.3) is 0 Å². The number of halogens is 1. The van der Waals surface area contributed by atoms with Crippen molar-refractivity contribution in [3.63, 3.8) is 0 Å². The Labute approximate surface area is 150 Å². The van der Waals surface area contributed by atoms with E-state index in [1.54, 1.807) is 23.9 Å². The molecule has 3 nitrogen and oxygen atoms in total. The number of hydrogen-bond donors (Lipinski definition) is 2. The Balaban J connectivity index is 1.42. The molecule has 1 aliphatic heterocycles. The molecular formula is C20H19FN2OS. The number of carbonyl (C=O) groups is 1. The van der Waals surface area contributed by atoms with Crippen molar-refractivity contribution in [1.29, 1.82) is 0 Å². The standard InChI is InChI=1S/C20H19FN2OS/c21-14-6-7-19-16(11-14)18(9-10-25-19)23-20(24)8-5-13-12-22-17-4-2-1-3-15(13)17/h1-4,6-7,11-12,18,22H,5,8-10H2,(H,23,24). The van der Waals surface area contributed by atoms with Crippen LogP contribution in [0, 0.1) is 5.82 Å². The number of carbonyl (C=O) groups excluding carboxylic acids is 1. The van der Waals surface area contributed by atoms with Crippen molar-refractivity contribution < 1.29 is 9.18 Å². The van der Waals surface area contributed by atoms with E-state index in [1.165, 1.54) is 6.07 Å². The van der Waals surface area contributed by atoms with Gasteiger partial charge in [-0.3, -0.25) is 4.79 Å². The van der Waals surface area contributed by atoms with Gasteiger partial charge in [0.2, 0.25) is 5.91 Å². The molecule has 25 heavy (non-hydrogen) atoms. The lowest BCUT2D eigenvalue weighted by Crippen LogP contribution is -2.30. The van der Waals surface area contributed by atoms with Crippen LogP contribution in [0.5, 0.6) is 0 Å². The predicted molar refractivity (Wildman–Crippen MR) is 99.2 cm³/mol. The van der Waals surface area contributed by atoms with Crippen LogP contribution < -0.4 is 5.32 Å². The van der Waals surface area contributed by atoms with E-state index in [2.05, 4.69) is 16.4 Å². The smallest absolute Gasteiger partial charge is 0.220 e. The molecule has 0 radical (unpaired) electrons. The fourth-order valence-corrected chi connectivity index (χ4v) is 4.47. The third-order valence-corrected chi connectivity index (χ3v) is 5.77. The van der Waals surface area contributed by atoms with E-state index in [-0.39, 0.29) is 17.8 Å². The van der Waals surface area contributed by atoms with E-state index < -0.39 is 0 Å². The Bertz CT molecular complexity index is 921. The van der Waals surface area contributed by atoms with Crippen molar-refractivity contribution in [1.82, 2.24) is 10.3 Å². The van der Waals surface area contributed by atoms with Crippen molar-refractivity contribution in [2.45, 2.75) is 30.2 Å². The number of aromatic amines is 1. The maximum atomic E-state index is 13.6. The molecule has 0 fully saturated rings. The summed E-state index contributed by atoms with van der Waals surface area (Å²) in [4.78, 5) is 16.7. The van der Waals surface area contributed by atoms with Crippen LogP contribution in [-0.4, -0.2) is 16.6 Å². The molecule has 3 aromatic rings. The number of rotatable bonds is 4. The van der Waals surface area contributed by atoms with Crippen molar-refractivity contribution in [3.8, 4) is 0 Å². The molecule has 0 saturated carbocycles. The molecule has 4 rings (SSSR count). The van der Waals surface area contributed by atoms with E-state index in [1.807, 2.05) is 24.4 Å². The number of hydrogen-bond acceptors (Lipinski definition) is 2. The van der Waals surface area contributed by atoms with Crippen LogP contribution in [0.15, 0.2) is 53.6 Å². The number of para-hydroxylation sites is 1. The van der Waals surface area contributed by atoms with Crippen molar-refractivity contribution in [2.75, 3.05) is 5.75 Å². The molecule has 5 heteroatoms. The first-order chi connectivity index (χ1) is 12.2. The quantitative estimate of drug-likeness (QED) is 0.720. The zero-order chi connectivity index (χ0) is 17.2. The third-order valence-electron chi connectivity index (χ3n) is 4.64. The van der Waals surface area contributed by atoms with Gasteiger partial charge in [-0.25, -0.2) is 4.39 Å². The fourth-order valence-electron chi connectivity index (χ4n) is 3.37. The molecule has 1 unspecified atom stereocenters. The molecule has 2 N–H and O–H groups in total. The first kappa shape index (κ1) is 16.2. The van der Waals surface area contributed by atoms with E-state index in [0.29, 0.717) is 12.8 Å². The molecule has 1 aromatic heterocycles. The number of benzene rings is 2. The van der Waals surface area contributed by atoms with Gasteiger partial charge < -0.3 is 10.3 Å². The van der Waals surface area contributed by atoms with Gasteiger partial charge in [0, 0.05) is 34.2 Å². The molecule has 1 aliphatic rings. The second-order valence-corrected chi connectivity index (χ2v) is 7.44. The minimum absolute atomic E-state index is 0.0115. The highest BCUT2D eigenvalue weighted by Gasteiger charge is 2.22. The molecule has 0 spiro atoms. The average Bonchev–Trinajstić information content (AvgIpc) is 3.04. The largest absolute Gasteiger partial charge is 0.361 e. The van der Waals surface area contributed by atoms with Gasteiger partial charge in [-0.2, -0.15) is 0 Å². The summed E-state index contributed by atoms with van der Waals surface area (Å²) in [5.74, 6) is 0.697. The first-order valence-corrected chi connectivity index (χ1v) is 9.46. The summed E-state index contributed by atoms with van der Waals surface area (Å²) in [5, 5.41) is 4.25. The van der Waals surface area contributed by atoms with Gasteiger partial charge in [-0.1, -0.05) is 18.2 Å². The van der Waals surface area contributed by atoms with Gasteiger partial charge in [0.05, 0.1) is 6.04 Å². The summed E-state index contributed by atoms with van der Waals surface area (Å²) < 4.78 is 13.6. The normalized spacial score (nSPS) is 16.6. The highest BCUT2D eigenvalue weighted by Crippen LogP contribution is 2.36. The molecule has 1 amide bonds. The van der Waals surface area contributed by atoms with Crippen LogP contribution in [-0.2, 0) is 11.2 Å². The number of aromatic nitrogens is 1. The second-order valence-electron chi connectivity index (χ2n) is 6.30. The maximum absolute atomic E-state index is 13.6. The molecule has 0 bridgehead atoms. The van der Waals surface area contributed by atoms with Crippen molar-refractivity contribution in [3.05, 3.63) is 65.6 Å². The maximum Gasteiger partial charge on any atom is 0.220 e. The minimum Gasteiger partial charge on any atom is -0.361 e. The van der Waals surface area contributed by atoms with Gasteiger partial charge in [-0.05, 0) is 48.2 Å². The number of fused-ring (bicyclic) bond motifs is 2. The summed E-state index contributed by atoms with van der Waals surface area (Å²) in [7, 11) is 0. The van der Waals surface area contributed by atoms with Crippen LogP contribution >= 0.6 is 11.8 Å². The molecule has 2 heterocycles. The van der Waals surface area contributed by atoms with Crippen LogP contribution in [0.25, 0.3) is 10.9 Å². The molecule has 1 atom stereocenters.